The second kappa shape index (κ2) is 8.72. The van der Waals surface area contributed by atoms with E-state index in [1.165, 1.54) is 6.92 Å². The number of nitrogens with zero attached hydrogens (tertiary/aromatic N) is 1. The third-order valence-corrected chi connectivity index (χ3v) is 2.63. The third kappa shape index (κ3) is 7.57. The number of ether oxygens (including phenoxy) is 3. The Hall–Kier alpha value is -2.53. The van der Waals surface area contributed by atoms with Gasteiger partial charge in [-0.3, -0.25) is 4.79 Å². The van der Waals surface area contributed by atoms with Gasteiger partial charge in [-0.15, -0.1) is 4.91 Å². The molecule has 0 bridgehead atoms. The summed E-state index contributed by atoms with van der Waals surface area (Å²) in [4.78, 5) is 22.3. The molecule has 0 radical (unpaired) electrons. The minimum Gasteiger partial charge on any atom is -0.482 e. The Labute approximate surface area is 143 Å². The van der Waals surface area contributed by atoms with E-state index in [1.54, 1.807) is 0 Å². The standard InChI is InChI=1S/C14H13F6NO5/c1-2-24-11(22)5-8-3-9(25-6-13(15,16)17)12(21-23)10(4-8)26-7-14(18,19)20/h3-4H,2,5-7H2,1H3. The highest BCUT2D eigenvalue weighted by Gasteiger charge is 2.31. The molecule has 0 aromatic heterocycles. The zero-order valence-electron chi connectivity index (χ0n) is 13.2. The molecule has 0 unspecified atom stereocenters. The number of halogens is 6. The topological polar surface area (TPSA) is 74.2 Å². The normalized spacial score (nSPS) is 11.8. The van der Waals surface area contributed by atoms with Crippen LogP contribution in [0.3, 0.4) is 0 Å². The Morgan fingerprint density at radius 2 is 1.46 bits per heavy atom. The fourth-order valence-electron chi connectivity index (χ4n) is 1.75. The number of rotatable bonds is 8. The van der Waals surface area contributed by atoms with Crippen molar-refractivity contribution in [1.29, 1.82) is 0 Å². The van der Waals surface area contributed by atoms with E-state index in [-0.39, 0.29) is 12.2 Å². The Kier molecular flexibility index (Phi) is 7.21. The molecule has 1 aromatic carbocycles. The lowest BCUT2D eigenvalue weighted by atomic mass is 10.1. The van der Waals surface area contributed by atoms with Gasteiger partial charge in [-0.2, -0.15) is 26.3 Å². The zero-order valence-corrected chi connectivity index (χ0v) is 13.2. The molecule has 0 atom stereocenters. The van der Waals surface area contributed by atoms with E-state index >= 15 is 0 Å². The molecule has 0 saturated heterocycles. The van der Waals surface area contributed by atoms with Gasteiger partial charge in [0.15, 0.2) is 30.4 Å². The molecule has 0 amide bonds. The maximum Gasteiger partial charge on any atom is 0.422 e. The van der Waals surface area contributed by atoms with Gasteiger partial charge in [0.1, 0.15) is 0 Å². The zero-order chi connectivity index (χ0) is 20.0. The maximum atomic E-state index is 12.3. The van der Waals surface area contributed by atoms with Crippen molar-refractivity contribution in [2.45, 2.75) is 25.7 Å². The average molecular weight is 389 g/mol. The van der Waals surface area contributed by atoms with Crippen molar-refractivity contribution in [1.82, 2.24) is 0 Å². The summed E-state index contributed by atoms with van der Waals surface area (Å²) < 4.78 is 87.3. The molecular formula is C14H13F6NO5. The van der Waals surface area contributed by atoms with E-state index in [0.29, 0.717) is 0 Å². The van der Waals surface area contributed by atoms with Crippen LogP contribution in [-0.2, 0) is 16.0 Å². The van der Waals surface area contributed by atoms with Crippen molar-refractivity contribution in [3.05, 3.63) is 22.6 Å². The summed E-state index contributed by atoms with van der Waals surface area (Å²) in [5.41, 5.74) is -0.962. The molecule has 0 spiro atoms. The van der Waals surface area contributed by atoms with Crippen LogP contribution in [0.25, 0.3) is 0 Å². The van der Waals surface area contributed by atoms with Crippen LogP contribution in [0.2, 0.25) is 0 Å². The highest BCUT2D eigenvalue weighted by Crippen LogP contribution is 2.40. The van der Waals surface area contributed by atoms with Crippen molar-refractivity contribution in [3.8, 4) is 11.5 Å². The van der Waals surface area contributed by atoms with Gasteiger partial charge in [0.2, 0.25) is 0 Å². The van der Waals surface area contributed by atoms with Gasteiger partial charge in [0.05, 0.1) is 13.0 Å². The van der Waals surface area contributed by atoms with Crippen LogP contribution in [0, 0.1) is 4.91 Å². The molecule has 0 heterocycles. The van der Waals surface area contributed by atoms with Crippen LogP contribution in [0.15, 0.2) is 17.3 Å². The average Bonchev–Trinajstić information content (AvgIpc) is 2.49. The van der Waals surface area contributed by atoms with Crippen molar-refractivity contribution >= 4 is 11.7 Å². The van der Waals surface area contributed by atoms with E-state index in [4.69, 9.17) is 0 Å². The highest BCUT2D eigenvalue weighted by molar-refractivity contribution is 5.74. The van der Waals surface area contributed by atoms with Crippen LogP contribution < -0.4 is 9.47 Å². The molecule has 6 nitrogen and oxygen atoms in total. The van der Waals surface area contributed by atoms with Crippen molar-refractivity contribution in [2.75, 3.05) is 19.8 Å². The first-order valence-corrected chi connectivity index (χ1v) is 7.00. The lowest BCUT2D eigenvalue weighted by Crippen LogP contribution is -2.20. The van der Waals surface area contributed by atoms with Crippen LogP contribution in [0.1, 0.15) is 12.5 Å². The summed E-state index contributed by atoms with van der Waals surface area (Å²) in [5.74, 6) is -2.32. The second-order valence-corrected chi connectivity index (χ2v) is 4.82. The number of esters is 1. The first-order chi connectivity index (χ1) is 11.9. The fourth-order valence-corrected chi connectivity index (χ4v) is 1.75. The summed E-state index contributed by atoms with van der Waals surface area (Å²) in [6.45, 7) is -2.12. The Bertz CT molecular complexity index is 605. The smallest absolute Gasteiger partial charge is 0.422 e. The molecule has 146 valence electrons. The summed E-state index contributed by atoms with van der Waals surface area (Å²) in [5, 5.41) is 2.38. The van der Waals surface area contributed by atoms with Crippen molar-refractivity contribution < 1.29 is 45.3 Å². The van der Waals surface area contributed by atoms with E-state index in [2.05, 4.69) is 19.4 Å². The molecule has 26 heavy (non-hydrogen) atoms. The van der Waals surface area contributed by atoms with Crippen LogP contribution in [-0.4, -0.2) is 38.1 Å². The predicted octanol–water partition coefficient (Wildman–Crippen LogP) is 4.07. The molecular weight excluding hydrogens is 376 g/mol. The number of alkyl halides is 6. The van der Waals surface area contributed by atoms with E-state index in [0.717, 1.165) is 12.1 Å². The summed E-state index contributed by atoms with van der Waals surface area (Å²) in [6, 6.07) is 1.75. The minimum absolute atomic E-state index is 0.0155. The Balaban J connectivity index is 3.21. The molecule has 0 saturated carbocycles. The molecule has 0 aliphatic heterocycles. The fraction of sp³-hybridized carbons (Fsp3) is 0.500. The SMILES string of the molecule is CCOC(=O)Cc1cc(OCC(F)(F)F)c(N=O)c(OCC(F)(F)F)c1. The van der Waals surface area contributed by atoms with Gasteiger partial charge in [-0.25, -0.2) is 0 Å². The number of carbonyl (C=O) groups is 1. The Morgan fingerprint density at radius 3 is 1.81 bits per heavy atom. The molecule has 0 aliphatic rings. The van der Waals surface area contributed by atoms with Crippen LogP contribution in [0.5, 0.6) is 11.5 Å². The molecule has 0 fully saturated rings. The summed E-state index contributed by atoms with van der Waals surface area (Å²) >= 11 is 0. The van der Waals surface area contributed by atoms with Crippen LogP contribution >= 0.6 is 0 Å². The highest BCUT2D eigenvalue weighted by atomic mass is 19.4. The van der Waals surface area contributed by atoms with Gasteiger partial charge in [-0.05, 0) is 29.8 Å². The first kappa shape index (κ1) is 21.5. The van der Waals surface area contributed by atoms with Gasteiger partial charge < -0.3 is 14.2 Å². The molecule has 12 heteroatoms. The number of benzene rings is 1. The predicted molar refractivity (Wildman–Crippen MR) is 75.3 cm³/mol. The van der Waals surface area contributed by atoms with Gasteiger partial charge >= 0.3 is 18.3 Å². The minimum atomic E-state index is -4.77. The van der Waals surface area contributed by atoms with E-state index in [9.17, 15) is 36.0 Å². The first-order valence-electron chi connectivity index (χ1n) is 7.00. The summed E-state index contributed by atoms with van der Waals surface area (Å²) in [7, 11) is 0. The maximum absolute atomic E-state index is 12.3. The third-order valence-electron chi connectivity index (χ3n) is 2.63. The molecule has 1 rings (SSSR count). The quantitative estimate of drug-likeness (QED) is 0.381. The Morgan fingerprint density at radius 1 is 1.00 bits per heavy atom. The molecule has 0 aliphatic carbocycles. The van der Waals surface area contributed by atoms with Crippen molar-refractivity contribution in [3.63, 3.8) is 0 Å². The van der Waals surface area contributed by atoms with Crippen molar-refractivity contribution in [2.24, 2.45) is 5.18 Å². The van der Waals surface area contributed by atoms with Gasteiger partial charge in [0.25, 0.3) is 0 Å². The largest absolute Gasteiger partial charge is 0.482 e. The van der Waals surface area contributed by atoms with Crippen LogP contribution in [0.4, 0.5) is 32.0 Å². The summed E-state index contributed by atoms with van der Waals surface area (Å²) in [6.07, 6.45) is -10.0. The molecule has 1 aromatic rings. The second-order valence-electron chi connectivity index (χ2n) is 4.82. The number of carbonyl (C=O) groups excluding carboxylic acids is 1. The van der Waals surface area contributed by atoms with E-state index in [1.807, 2.05) is 0 Å². The number of hydrogen-bond acceptors (Lipinski definition) is 6. The number of nitroso groups, excluding NO2 is 1. The van der Waals surface area contributed by atoms with Gasteiger partial charge in [-0.1, -0.05) is 0 Å². The van der Waals surface area contributed by atoms with Gasteiger partial charge in [0, 0.05) is 0 Å². The number of hydrogen-bond donors (Lipinski definition) is 0. The lowest BCUT2D eigenvalue weighted by molar-refractivity contribution is -0.153. The molecule has 0 N–H and O–H groups in total. The lowest BCUT2D eigenvalue weighted by Gasteiger charge is -2.16. The monoisotopic (exact) mass is 389 g/mol. The van der Waals surface area contributed by atoms with E-state index < -0.39 is 55.1 Å².